The molecule has 0 bridgehead atoms. The summed E-state index contributed by atoms with van der Waals surface area (Å²) in [5, 5.41) is 9.45. The molecule has 0 amide bonds. The van der Waals surface area contributed by atoms with E-state index in [9.17, 15) is 9.66 Å². The van der Waals surface area contributed by atoms with Gasteiger partial charge in [0.15, 0.2) is 0 Å². The summed E-state index contributed by atoms with van der Waals surface area (Å²) in [6.07, 6.45) is 0. The van der Waals surface area contributed by atoms with Gasteiger partial charge in [-0.25, -0.2) is 4.98 Å². The van der Waals surface area contributed by atoms with Gasteiger partial charge in [-0.2, -0.15) is 0 Å². The van der Waals surface area contributed by atoms with Crippen LogP contribution in [0.25, 0.3) is 21.6 Å². The molecule has 2 aromatic heterocycles. The second-order valence-corrected chi connectivity index (χ2v) is 9.06. The van der Waals surface area contributed by atoms with E-state index >= 15 is 0 Å². The van der Waals surface area contributed by atoms with E-state index in [-0.39, 0.29) is 5.88 Å². The maximum atomic E-state index is 11.9. The van der Waals surface area contributed by atoms with Gasteiger partial charge < -0.3 is 23.9 Å². The molecule has 35 heavy (non-hydrogen) atoms. The van der Waals surface area contributed by atoms with Crippen LogP contribution in [0, 0.1) is 13.8 Å². The second kappa shape index (κ2) is 11.3. The van der Waals surface area contributed by atoms with Gasteiger partial charge in [0.1, 0.15) is 19.0 Å². The molecule has 0 spiro atoms. The summed E-state index contributed by atoms with van der Waals surface area (Å²) >= 11 is 0. The fourth-order valence-corrected chi connectivity index (χ4v) is 4.64. The van der Waals surface area contributed by atoms with Crippen molar-refractivity contribution >= 4 is 10.9 Å². The average molecular weight is 493 g/mol. The molecule has 4 rings (SSSR count). The van der Waals surface area contributed by atoms with Crippen molar-refractivity contribution in [3.8, 4) is 39.1 Å². The molecule has 182 valence electrons. The van der Waals surface area contributed by atoms with Crippen molar-refractivity contribution in [2.75, 3.05) is 19.8 Å². The molecular formula is C27H28N2O5S. The lowest BCUT2D eigenvalue weighted by molar-refractivity contribution is 0.108. The van der Waals surface area contributed by atoms with Crippen LogP contribution in [0.2, 0.25) is 0 Å². The van der Waals surface area contributed by atoms with Gasteiger partial charge in [0.05, 0.1) is 23.6 Å². The highest BCUT2D eigenvalue weighted by molar-refractivity contribution is 7.23. The maximum Gasteiger partial charge on any atom is 0.270 e. The zero-order valence-electron chi connectivity index (χ0n) is 20.0. The van der Waals surface area contributed by atoms with Crippen LogP contribution in [-0.2, 0) is 11.3 Å². The first kappa shape index (κ1) is 24.7. The first-order chi connectivity index (χ1) is 17.0. The van der Waals surface area contributed by atoms with Gasteiger partial charge in [-0.3, -0.25) is 0 Å². The monoisotopic (exact) mass is 492 g/mol. The number of benzene rings is 2. The van der Waals surface area contributed by atoms with Gasteiger partial charge in [0, 0.05) is 33.9 Å². The molecule has 8 heteroatoms. The van der Waals surface area contributed by atoms with E-state index < -0.39 is 10.9 Å². The molecule has 1 N–H and O–H groups in total. The van der Waals surface area contributed by atoms with Crippen LogP contribution in [0.1, 0.15) is 23.7 Å². The van der Waals surface area contributed by atoms with Crippen molar-refractivity contribution in [3.05, 3.63) is 77.5 Å². The normalized spacial score (nSPS) is 11.5. The maximum absolute atomic E-state index is 11.9. The van der Waals surface area contributed by atoms with Gasteiger partial charge >= 0.3 is 0 Å². The average Bonchev–Trinajstić information content (AvgIpc) is 3.19. The van der Waals surface area contributed by atoms with Crippen LogP contribution in [0.3, 0.4) is 0 Å². The predicted octanol–water partition coefficient (Wildman–Crippen LogP) is 5.85. The van der Waals surface area contributed by atoms with E-state index in [2.05, 4.69) is 22.3 Å². The standard InChI is InChI=1S/C27H28N2O5S/c1-4-32-14-15-33-27-13-12-24(19(3)28-27)23-7-5-6-21(18(23)2)17-34-22-10-8-20(9-11-22)25-16-26(30)29-35(25)31/h5-13,16H,4,14-15,17H2,1-3H3,(H,29,30). The first-order valence-corrected chi connectivity index (χ1v) is 12.5. The number of hydrogen-bond acceptors (Lipinski definition) is 7. The molecule has 1 unspecified atom stereocenters. The number of aryl methyl sites for hydroxylation is 1. The molecule has 0 radical (unpaired) electrons. The number of ether oxygens (including phenoxy) is 3. The fourth-order valence-electron chi connectivity index (χ4n) is 3.77. The summed E-state index contributed by atoms with van der Waals surface area (Å²) in [6, 6.07) is 18.7. The van der Waals surface area contributed by atoms with Gasteiger partial charge in [-0.05, 0) is 67.8 Å². The van der Waals surface area contributed by atoms with E-state index in [1.54, 1.807) is 0 Å². The molecule has 4 aromatic rings. The van der Waals surface area contributed by atoms with Crippen molar-refractivity contribution in [1.82, 2.24) is 9.36 Å². The zero-order chi connectivity index (χ0) is 24.8. The molecule has 0 saturated heterocycles. The molecule has 2 heterocycles. The number of aromatic hydroxyl groups is 1. The van der Waals surface area contributed by atoms with Crippen molar-refractivity contribution in [2.45, 2.75) is 27.4 Å². The third-order valence-corrected chi connectivity index (χ3v) is 6.72. The number of nitrogens with zero attached hydrogens (tertiary/aromatic N) is 2. The molecule has 2 aromatic carbocycles. The van der Waals surface area contributed by atoms with Crippen LogP contribution in [-0.4, -0.2) is 38.8 Å². The summed E-state index contributed by atoms with van der Waals surface area (Å²) in [5.41, 5.74) is 5.97. The van der Waals surface area contributed by atoms with Crippen molar-refractivity contribution in [3.63, 3.8) is 0 Å². The Balaban J connectivity index is 1.44. The Hall–Kier alpha value is -3.46. The summed E-state index contributed by atoms with van der Waals surface area (Å²) < 4.78 is 32.6. The van der Waals surface area contributed by atoms with Crippen molar-refractivity contribution < 1.29 is 23.9 Å². The zero-order valence-corrected chi connectivity index (χ0v) is 20.8. The number of aromatic nitrogens is 2. The quantitative estimate of drug-likeness (QED) is 0.219. The Labute approximate surface area is 207 Å². The Morgan fingerprint density at radius 2 is 1.74 bits per heavy atom. The van der Waals surface area contributed by atoms with E-state index in [0.29, 0.717) is 42.9 Å². The summed E-state index contributed by atoms with van der Waals surface area (Å²) in [4.78, 5) is 5.08. The Kier molecular flexibility index (Phi) is 7.97. The van der Waals surface area contributed by atoms with Crippen LogP contribution < -0.4 is 9.47 Å². The van der Waals surface area contributed by atoms with E-state index in [1.807, 2.05) is 62.4 Å². The lowest BCUT2D eigenvalue weighted by atomic mass is 9.96. The molecule has 0 aliphatic carbocycles. The van der Waals surface area contributed by atoms with Gasteiger partial charge in [-0.1, -0.05) is 18.2 Å². The SMILES string of the molecule is CCOCCOc1ccc(-c2cccc(COc3ccc(-c4cc(O)n[s+]4[O-])cc3)c2C)c(C)n1. The summed E-state index contributed by atoms with van der Waals surface area (Å²) in [6.45, 7) is 8.10. The molecular weight excluding hydrogens is 464 g/mol. The van der Waals surface area contributed by atoms with Gasteiger partial charge in [0.2, 0.25) is 10.8 Å². The van der Waals surface area contributed by atoms with E-state index in [4.69, 9.17) is 14.2 Å². The Morgan fingerprint density at radius 3 is 2.43 bits per heavy atom. The van der Waals surface area contributed by atoms with Crippen molar-refractivity contribution in [2.24, 2.45) is 0 Å². The second-order valence-electron chi connectivity index (χ2n) is 7.94. The first-order valence-electron chi connectivity index (χ1n) is 11.4. The van der Waals surface area contributed by atoms with Crippen LogP contribution in [0.5, 0.6) is 17.5 Å². The van der Waals surface area contributed by atoms with Gasteiger partial charge in [0.25, 0.3) is 5.88 Å². The molecule has 0 fully saturated rings. The van der Waals surface area contributed by atoms with Crippen LogP contribution in [0.15, 0.2) is 60.7 Å². The largest absolute Gasteiger partial charge is 0.568 e. The Morgan fingerprint density at radius 1 is 0.943 bits per heavy atom. The van der Waals surface area contributed by atoms with Crippen molar-refractivity contribution in [1.29, 1.82) is 0 Å². The highest BCUT2D eigenvalue weighted by Crippen LogP contribution is 2.34. The molecule has 0 saturated carbocycles. The van der Waals surface area contributed by atoms with E-state index in [0.717, 1.165) is 33.5 Å². The van der Waals surface area contributed by atoms with Gasteiger partial charge in [-0.15, -0.1) is 0 Å². The summed E-state index contributed by atoms with van der Waals surface area (Å²) in [5.74, 6) is 1.06. The van der Waals surface area contributed by atoms with E-state index in [1.165, 1.54) is 6.07 Å². The van der Waals surface area contributed by atoms with Crippen LogP contribution in [0.4, 0.5) is 0 Å². The molecule has 0 aliphatic heterocycles. The molecule has 0 aliphatic rings. The number of rotatable bonds is 10. The number of hydrogen-bond donors (Lipinski definition) is 1. The highest BCUT2D eigenvalue weighted by atomic mass is 32.2. The fraction of sp³-hybridized carbons (Fsp3) is 0.259. The summed E-state index contributed by atoms with van der Waals surface area (Å²) in [7, 11) is -1.57. The minimum atomic E-state index is -1.57. The topological polar surface area (TPSA) is 96.8 Å². The smallest absolute Gasteiger partial charge is 0.270 e. The highest BCUT2D eigenvalue weighted by Gasteiger charge is 2.15. The Bertz CT molecular complexity index is 1290. The predicted molar refractivity (Wildman–Crippen MR) is 135 cm³/mol. The minimum Gasteiger partial charge on any atom is -0.568 e. The lowest BCUT2D eigenvalue weighted by Gasteiger charge is -2.15. The molecule has 1 atom stereocenters. The minimum absolute atomic E-state index is 0.219. The third kappa shape index (κ3) is 5.97. The lowest BCUT2D eigenvalue weighted by Crippen LogP contribution is -2.07. The third-order valence-electron chi connectivity index (χ3n) is 5.64. The molecule has 7 nitrogen and oxygen atoms in total. The van der Waals surface area contributed by atoms with Crippen LogP contribution >= 0.6 is 10.9 Å². The number of pyridine rings is 1.